The Kier molecular flexibility index (Phi) is 6.88. The number of carbonyl (C=O) groups excluding carboxylic acids is 1. The summed E-state index contributed by atoms with van der Waals surface area (Å²) in [5.74, 6) is 0.0617. The van der Waals surface area contributed by atoms with E-state index in [0.29, 0.717) is 41.6 Å². The van der Waals surface area contributed by atoms with Gasteiger partial charge in [0.1, 0.15) is 11.6 Å². The van der Waals surface area contributed by atoms with Crippen LogP contribution in [-0.4, -0.2) is 50.3 Å². The molecule has 1 amide bonds. The van der Waals surface area contributed by atoms with Gasteiger partial charge in [0.25, 0.3) is 5.91 Å². The van der Waals surface area contributed by atoms with E-state index < -0.39 is 0 Å². The minimum atomic E-state index is -0.387. The number of carbonyl (C=O) groups is 1. The third-order valence-electron chi connectivity index (χ3n) is 4.85. The van der Waals surface area contributed by atoms with Gasteiger partial charge < -0.3 is 14.8 Å². The molecule has 1 saturated heterocycles. The summed E-state index contributed by atoms with van der Waals surface area (Å²) >= 11 is 6.32. The van der Waals surface area contributed by atoms with Crippen molar-refractivity contribution in [2.45, 2.75) is 19.1 Å². The molecule has 0 aliphatic carbocycles. The Morgan fingerprint density at radius 2 is 2.11 bits per heavy atom. The lowest BCUT2D eigenvalue weighted by atomic mass is 10.0. The van der Waals surface area contributed by atoms with Crippen molar-refractivity contribution in [3.05, 3.63) is 64.4 Å². The first kappa shape index (κ1) is 20.6. The number of morpholine rings is 1. The normalized spacial score (nSPS) is 18.5. The predicted molar refractivity (Wildman–Crippen MR) is 106 cm³/mol. The molecule has 2 aromatic rings. The first-order valence-corrected chi connectivity index (χ1v) is 9.59. The second-order valence-corrected chi connectivity index (χ2v) is 7.17. The van der Waals surface area contributed by atoms with Gasteiger partial charge in [0.15, 0.2) is 0 Å². The van der Waals surface area contributed by atoms with Gasteiger partial charge in [-0.1, -0.05) is 17.7 Å². The first-order chi connectivity index (χ1) is 13.5. The summed E-state index contributed by atoms with van der Waals surface area (Å²) in [6.07, 6.45) is 0.0269. The summed E-state index contributed by atoms with van der Waals surface area (Å²) in [6.45, 7) is 4.03. The van der Waals surface area contributed by atoms with Crippen LogP contribution in [0, 0.1) is 5.82 Å². The zero-order valence-corrected chi connectivity index (χ0v) is 16.7. The van der Waals surface area contributed by atoms with Crippen molar-refractivity contribution < 1.29 is 18.7 Å². The van der Waals surface area contributed by atoms with Gasteiger partial charge in [0.05, 0.1) is 25.9 Å². The fourth-order valence-electron chi connectivity index (χ4n) is 3.41. The van der Waals surface area contributed by atoms with Crippen LogP contribution in [0.5, 0.6) is 5.75 Å². The van der Waals surface area contributed by atoms with Crippen molar-refractivity contribution in [2.24, 2.45) is 0 Å². The van der Waals surface area contributed by atoms with Crippen LogP contribution < -0.4 is 10.1 Å². The number of methoxy groups -OCH3 is 1. The summed E-state index contributed by atoms with van der Waals surface area (Å²) < 4.78 is 25.3. The van der Waals surface area contributed by atoms with Crippen LogP contribution in [0.15, 0.2) is 42.5 Å². The zero-order chi connectivity index (χ0) is 20.1. The number of nitrogens with zero attached hydrogens (tertiary/aromatic N) is 1. The first-order valence-electron chi connectivity index (χ1n) is 9.21. The van der Waals surface area contributed by atoms with Crippen LogP contribution in [0.4, 0.5) is 4.39 Å². The van der Waals surface area contributed by atoms with Crippen LogP contribution >= 0.6 is 11.6 Å². The molecule has 1 aliphatic heterocycles. The molecule has 1 N–H and O–H groups in total. The van der Waals surface area contributed by atoms with Gasteiger partial charge in [-0.25, -0.2) is 4.39 Å². The van der Waals surface area contributed by atoms with Gasteiger partial charge in [-0.15, -0.1) is 0 Å². The smallest absolute Gasteiger partial charge is 0.251 e. The number of nitrogens with one attached hydrogen (secondary N) is 1. The average molecular weight is 407 g/mol. The predicted octanol–water partition coefficient (Wildman–Crippen LogP) is 3.68. The topological polar surface area (TPSA) is 50.8 Å². The van der Waals surface area contributed by atoms with E-state index in [4.69, 9.17) is 21.1 Å². The maximum atomic E-state index is 14.6. The van der Waals surface area contributed by atoms with Crippen LogP contribution in [0.25, 0.3) is 0 Å². The standard InChI is InChI=1S/C21H24ClFN2O3/c1-14-13-25(10-11-28-14)19(20-17(22)4-3-5-18(20)23)12-24-21(26)15-6-8-16(27-2)9-7-15/h3-9,14,19H,10-13H2,1-2H3,(H,24,26)/t14-,19+/m1/s1. The lowest BCUT2D eigenvalue weighted by Gasteiger charge is -2.38. The van der Waals surface area contributed by atoms with Gasteiger partial charge in [-0.2, -0.15) is 0 Å². The Morgan fingerprint density at radius 3 is 2.75 bits per heavy atom. The lowest BCUT2D eigenvalue weighted by molar-refractivity contribution is -0.0346. The Morgan fingerprint density at radius 1 is 1.36 bits per heavy atom. The molecule has 28 heavy (non-hydrogen) atoms. The van der Waals surface area contributed by atoms with Gasteiger partial charge >= 0.3 is 0 Å². The molecule has 0 saturated carbocycles. The van der Waals surface area contributed by atoms with Crippen molar-refractivity contribution >= 4 is 17.5 Å². The van der Waals surface area contributed by atoms with Crippen LogP contribution in [0.2, 0.25) is 5.02 Å². The summed E-state index contributed by atoms with van der Waals surface area (Å²) in [5.41, 5.74) is 0.905. The third-order valence-corrected chi connectivity index (χ3v) is 5.18. The van der Waals surface area contributed by atoms with Crippen LogP contribution in [0.3, 0.4) is 0 Å². The van der Waals surface area contributed by atoms with Crippen molar-refractivity contribution in [2.75, 3.05) is 33.4 Å². The zero-order valence-electron chi connectivity index (χ0n) is 16.0. The minimum Gasteiger partial charge on any atom is -0.497 e. The summed E-state index contributed by atoms with van der Waals surface area (Å²) in [5, 5.41) is 3.26. The van der Waals surface area contributed by atoms with Crippen LogP contribution in [0.1, 0.15) is 28.9 Å². The number of hydrogen-bond acceptors (Lipinski definition) is 4. The maximum absolute atomic E-state index is 14.6. The highest BCUT2D eigenvalue weighted by Gasteiger charge is 2.29. The third kappa shape index (κ3) is 4.82. The van der Waals surface area contributed by atoms with E-state index in [1.807, 2.05) is 6.92 Å². The Balaban J connectivity index is 1.79. The van der Waals surface area contributed by atoms with Crippen LogP contribution in [-0.2, 0) is 4.74 Å². The summed E-state index contributed by atoms with van der Waals surface area (Å²) in [7, 11) is 1.57. The van der Waals surface area contributed by atoms with Gasteiger partial charge in [-0.05, 0) is 43.3 Å². The highest BCUT2D eigenvalue weighted by Crippen LogP contribution is 2.31. The molecule has 0 radical (unpaired) electrons. The molecule has 3 rings (SSSR count). The number of halogens is 2. The minimum absolute atomic E-state index is 0.0269. The van der Waals surface area contributed by atoms with Gasteiger partial charge in [-0.3, -0.25) is 9.69 Å². The van der Waals surface area contributed by atoms with Crippen molar-refractivity contribution in [1.82, 2.24) is 10.2 Å². The largest absolute Gasteiger partial charge is 0.497 e. The number of ether oxygens (including phenoxy) is 2. The molecule has 1 aliphatic rings. The fraction of sp³-hybridized carbons (Fsp3) is 0.381. The second-order valence-electron chi connectivity index (χ2n) is 6.77. The number of hydrogen-bond donors (Lipinski definition) is 1. The monoisotopic (exact) mass is 406 g/mol. The number of rotatable bonds is 6. The second kappa shape index (κ2) is 9.37. The Bertz CT molecular complexity index is 796. The quantitative estimate of drug-likeness (QED) is 0.795. The highest BCUT2D eigenvalue weighted by atomic mass is 35.5. The average Bonchev–Trinajstić information content (AvgIpc) is 2.70. The van der Waals surface area contributed by atoms with Gasteiger partial charge in [0, 0.05) is 35.8 Å². The van der Waals surface area contributed by atoms with Gasteiger partial charge in [0.2, 0.25) is 0 Å². The molecule has 0 bridgehead atoms. The molecule has 0 unspecified atom stereocenters. The highest BCUT2D eigenvalue weighted by molar-refractivity contribution is 6.31. The molecule has 150 valence electrons. The molecular formula is C21H24ClFN2O3. The summed E-state index contributed by atoms with van der Waals surface area (Å²) in [4.78, 5) is 14.7. The summed E-state index contributed by atoms with van der Waals surface area (Å²) in [6, 6.07) is 11.1. The molecular weight excluding hydrogens is 383 g/mol. The molecule has 5 nitrogen and oxygen atoms in total. The Hall–Kier alpha value is -2.15. The van der Waals surface area contributed by atoms with Crippen molar-refractivity contribution in [3.8, 4) is 5.75 Å². The molecule has 2 atom stereocenters. The van der Waals surface area contributed by atoms with E-state index in [1.165, 1.54) is 6.07 Å². The van der Waals surface area contributed by atoms with Crippen molar-refractivity contribution in [1.29, 1.82) is 0 Å². The lowest BCUT2D eigenvalue weighted by Crippen LogP contribution is -2.47. The van der Waals surface area contributed by atoms with E-state index >= 15 is 0 Å². The van der Waals surface area contributed by atoms with E-state index in [1.54, 1.807) is 43.5 Å². The molecule has 7 heteroatoms. The molecule has 0 aromatic heterocycles. The van der Waals surface area contributed by atoms with Crippen molar-refractivity contribution in [3.63, 3.8) is 0 Å². The van der Waals surface area contributed by atoms with E-state index in [9.17, 15) is 9.18 Å². The number of benzene rings is 2. The SMILES string of the molecule is COc1ccc(C(=O)NC[C@@H](c2c(F)cccc2Cl)N2CCO[C@H](C)C2)cc1. The van der Waals surface area contributed by atoms with E-state index in [2.05, 4.69) is 10.2 Å². The maximum Gasteiger partial charge on any atom is 0.251 e. The molecule has 1 heterocycles. The molecule has 2 aromatic carbocycles. The molecule has 0 spiro atoms. The molecule has 1 fully saturated rings. The fourth-order valence-corrected chi connectivity index (χ4v) is 3.69. The van der Waals surface area contributed by atoms with E-state index in [-0.39, 0.29) is 30.4 Å². The number of amides is 1. The Labute approximate surface area is 169 Å². The van der Waals surface area contributed by atoms with E-state index in [0.717, 1.165) is 0 Å².